The molecule has 0 spiro atoms. The molecule has 0 aromatic carbocycles. The summed E-state index contributed by atoms with van der Waals surface area (Å²) >= 11 is 0. The van der Waals surface area contributed by atoms with Crippen molar-refractivity contribution in [2.75, 3.05) is 42.9 Å². The molecule has 156 valence electrons. The highest BCUT2D eigenvalue weighted by molar-refractivity contribution is 5.54. The van der Waals surface area contributed by atoms with Crippen LogP contribution in [0.25, 0.3) is 0 Å². The number of nitrogens with one attached hydrogen (secondary N) is 1. The van der Waals surface area contributed by atoms with Gasteiger partial charge in [-0.05, 0) is 57.4 Å². The molecule has 5 heteroatoms. The highest BCUT2D eigenvalue weighted by Crippen LogP contribution is 2.31. The monoisotopic (exact) mass is 385 g/mol. The van der Waals surface area contributed by atoms with E-state index in [0.717, 1.165) is 44.3 Å². The number of anilines is 2. The second-order valence-electron chi connectivity index (χ2n) is 9.54. The minimum absolute atomic E-state index is 0.470. The van der Waals surface area contributed by atoms with E-state index in [9.17, 15) is 0 Å². The molecule has 1 aromatic rings. The SMILES string of the molecule is CC(C)CN1CCCC[C@H](Nc2nc3c(c(N4CCCCCC4)n2)CCC3)C1. The van der Waals surface area contributed by atoms with Crippen molar-refractivity contribution in [1.29, 1.82) is 0 Å². The maximum Gasteiger partial charge on any atom is 0.225 e. The van der Waals surface area contributed by atoms with Crippen LogP contribution in [0.2, 0.25) is 0 Å². The van der Waals surface area contributed by atoms with Crippen LogP contribution in [-0.4, -0.2) is 53.6 Å². The van der Waals surface area contributed by atoms with Gasteiger partial charge in [-0.2, -0.15) is 4.98 Å². The Kier molecular flexibility index (Phi) is 6.71. The molecule has 3 heterocycles. The molecule has 1 N–H and O–H groups in total. The van der Waals surface area contributed by atoms with E-state index < -0.39 is 0 Å². The largest absolute Gasteiger partial charge is 0.356 e. The molecule has 2 aliphatic heterocycles. The molecule has 2 fully saturated rings. The Morgan fingerprint density at radius 1 is 0.929 bits per heavy atom. The van der Waals surface area contributed by atoms with Crippen LogP contribution in [0.15, 0.2) is 0 Å². The van der Waals surface area contributed by atoms with Gasteiger partial charge in [0.15, 0.2) is 0 Å². The topological polar surface area (TPSA) is 44.3 Å². The summed E-state index contributed by atoms with van der Waals surface area (Å²) in [4.78, 5) is 15.3. The first-order valence-electron chi connectivity index (χ1n) is 11.8. The highest BCUT2D eigenvalue weighted by Gasteiger charge is 2.25. The first kappa shape index (κ1) is 19.9. The highest BCUT2D eigenvalue weighted by atomic mass is 15.2. The van der Waals surface area contributed by atoms with Gasteiger partial charge in [0, 0.05) is 37.8 Å². The van der Waals surface area contributed by atoms with Crippen LogP contribution >= 0.6 is 0 Å². The Morgan fingerprint density at radius 2 is 1.71 bits per heavy atom. The van der Waals surface area contributed by atoms with Crippen molar-refractivity contribution in [1.82, 2.24) is 14.9 Å². The molecule has 2 saturated heterocycles. The van der Waals surface area contributed by atoms with Gasteiger partial charge >= 0.3 is 0 Å². The van der Waals surface area contributed by atoms with E-state index >= 15 is 0 Å². The van der Waals surface area contributed by atoms with Crippen molar-refractivity contribution < 1.29 is 0 Å². The average Bonchev–Trinajstić information content (AvgIpc) is 2.85. The smallest absolute Gasteiger partial charge is 0.225 e. The predicted molar refractivity (Wildman–Crippen MR) is 117 cm³/mol. The summed E-state index contributed by atoms with van der Waals surface area (Å²) in [6.07, 6.45) is 12.7. The quantitative estimate of drug-likeness (QED) is 0.820. The maximum absolute atomic E-state index is 5.11. The second kappa shape index (κ2) is 9.43. The molecule has 5 nitrogen and oxygen atoms in total. The van der Waals surface area contributed by atoms with E-state index in [1.165, 1.54) is 81.5 Å². The minimum Gasteiger partial charge on any atom is -0.356 e. The van der Waals surface area contributed by atoms with Gasteiger partial charge in [0.05, 0.1) is 5.69 Å². The lowest BCUT2D eigenvalue weighted by molar-refractivity contribution is 0.247. The van der Waals surface area contributed by atoms with Crippen molar-refractivity contribution in [2.45, 2.75) is 84.1 Å². The molecule has 1 aromatic heterocycles. The summed E-state index contributed by atoms with van der Waals surface area (Å²) in [5, 5.41) is 3.76. The normalized spacial score (nSPS) is 24.1. The molecule has 0 saturated carbocycles. The molecule has 3 aliphatic rings. The Labute approximate surface area is 171 Å². The van der Waals surface area contributed by atoms with Crippen LogP contribution in [0.1, 0.15) is 76.5 Å². The number of hydrogen-bond donors (Lipinski definition) is 1. The zero-order chi connectivity index (χ0) is 19.3. The summed E-state index contributed by atoms with van der Waals surface area (Å²) in [7, 11) is 0. The second-order valence-corrected chi connectivity index (χ2v) is 9.54. The zero-order valence-corrected chi connectivity index (χ0v) is 18.1. The van der Waals surface area contributed by atoms with Crippen LogP contribution in [0, 0.1) is 5.92 Å². The standard InChI is InChI=1S/C23H39N5/c1-18(2)16-27-13-8-5-10-19(17-27)24-23-25-21-12-9-11-20(21)22(26-23)28-14-6-3-4-7-15-28/h18-19H,3-17H2,1-2H3,(H,24,25,26)/t19-/m0/s1. The third-order valence-electron chi connectivity index (χ3n) is 6.53. The third kappa shape index (κ3) is 4.97. The number of hydrogen-bond acceptors (Lipinski definition) is 5. The van der Waals surface area contributed by atoms with Gasteiger partial charge in [-0.3, -0.25) is 0 Å². The van der Waals surface area contributed by atoms with Crippen molar-refractivity contribution in [3.8, 4) is 0 Å². The lowest BCUT2D eigenvalue weighted by atomic mass is 10.1. The van der Waals surface area contributed by atoms with E-state index in [0.29, 0.717) is 6.04 Å². The van der Waals surface area contributed by atoms with Gasteiger partial charge < -0.3 is 15.1 Å². The molecular formula is C23H39N5. The van der Waals surface area contributed by atoms with E-state index in [1.54, 1.807) is 0 Å². The summed E-state index contributed by atoms with van der Waals surface area (Å²) in [5.41, 5.74) is 2.75. The molecule has 0 unspecified atom stereocenters. The van der Waals surface area contributed by atoms with Gasteiger partial charge in [0.25, 0.3) is 0 Å². The fraction of sp³-hybridized carbons (Fsp3) is 0.826. The third-order valence-corrected chi connectivity index (χ3v) is 6.53. The van der Waals surface area contributed by atoms with Crippen molar-refractivity contribution in [2.24, 2.45) is 5.92 Å². The molecule has 0 amide bonds. The fourth-order valence-electron chi connectivity index (χ4n) is 5.22. The summed E-state index contributed by atoms with van der Waals surface area (Å²) < 4.78 is 0. The zero-order valence-electron chi connectivity index (χ0n) is 18.1. The van der Waals surface area contributed by atoms with Gasteiger partial charge in [-0.25, -0.2) is 4.98 Å². The van der Waals surface area contributed by atoms with Gasteiger partial charge in [0.2, 0.25) is 5.95 Å². The number of nitrogens with zero attached hydrogens (tertiary/aromatic N) is 4. The number of aryl methyl sites for hydroxylation is 1. The molecule has 0 radical (unpaired) electrons. The molecule has 1 atom stereocenters. The Bertz CT molecular complexity index is 636. The predicted octanol–water partition coefficient (Wildman–Crippen LogP) is 4.27. The fourth-order valence-corrected chi connectivity index (χ4v) is 5.22. The van der Waals surface area contributed by atoms with Crippen molar-refractivity contribution >= 4 is 11.8 Å². The number of rotatable bonds is 5. The van der Waals surface area contributed by atoms with E-state index in [2.05, 4.69) is 29.0 Å². The lowest BCUT2D eigenvalue weighted by Gasteiger charge is -2.28. The summed E-state index contributed by atoms with van der Waals surface area (Å²) in [6, 6.07) is 0.470. The average molecular weight is 386 g/mol. The van der Waals surface area contributed by atoms with Gasteiger partial charge in [0.1, 0.15) is 5.82 Å². The van der Waals surface area contributed by atoms with E-state index in [1.807, 2.05) is 0 Å². The van der Waals surface area contributed by atoms with Crippen molar-refractivity contribution in [3.63, 3.8) is 0 Å². The van der Waals surface area contributed by atoms with Crippen molar-refractivity contribution in [3.05, 3.63) is 11.3 Å². The van der Waals surface area contributed by atoms with Gasteiger partial charge in [-0.1, -0.05) is 33.1 Å². The first-order valence-corrected chi connectivity index (χ1v) is 11.8. The summed E-state index contributed by atoms with van der Waals surface area (Å²) in [5.74, 6) is 2.86. The molecule has 0 bridgehead atoms. The Hall–Kier alpha value is -1.36. The van der Waals surface area contributed by atoms with E-state index in [4.69, 9.17) is 9.97 Å². The first-order chi connectivity index (χ1) is 13.7. The van der Waals surface area contributed by atoms with Crippen LogP contribution in [0.3, 0.4) is 0 Å². The number of aromatic nitrogens is 2. The molecule has 28 heavy (non-hydrogen) atoms. The van der Waals surface area contributed by atoms with Gasteiger partial charge in [-0.15, -0.1) is 0 Å². The van der Waals surface area contributed by atoms with Crippen LogP contribution in [0.5, 0.6) is 0 Å². The summed E-state index contributed by atoms with van der Waals surface area (Å²) in [6.45, 7) is 10.5. The van der Waals surface area contributed by atoms with E-state index in [-0.39, 0.29) is 0 Å². The number of fused-ring (bicyclic) bond motifs is 1. The molecule has 4 rings (SSSR count). The minimum atomic E-state index is 0.470. The Balaban J connectivity index is 1.51. The maximum atomic E-state index is 5.11. The number of likely N-dealkylation sites (tertiary alicyclic amines) is 1. The molecular weight excluding hydrogens is 346 g/mol. The molecule has 1 aliphatic carbocycles. The van der Waals surface area contributed by atoms with Crippen LogP contribution < -0.4 is 10.2 Å². The van der Waals surface area contributed by atoms with Crippen LogP contribution in [0.4, 0.5) is 11.8 Å². The van der Waals surface area contributed by atoms with Crippen LogP contribution in [-0.2, 0) is 12.8 Å². The Morgan fingerprint density at radius 3 is 2.50 bits per heavy atom. The lowest BCUT2D eigenvalue weighted by Crippen LogP contribution is -2.37.